The quantitative estimate of drug-likeness (QED) is 0.881. The molecule has 0 amide bonds. The fourth-order valence-electron chi connectivity index (χ4n) is 1.88. The van der Waals surface area contributed by atoms with Gasteiger partial charge in [-0.05, 0) is 42.3 Å². The summed E-state index contributed by atoms with van der Waals surface area (Å²) in [6.45, 7) is 1.88. The number of hydrogen-bond donors (Lipinski definition) is 2. The van der Waals surface area contributed by atoms with Crippen LogP contribution in [0.25, 0.3) is 0 Å². The number of aliphatic carboxylic acids is 1. The lowest BCUT2D eigenvalue weighted by molar-refractivity contribution is -0.138. The minimum absolute atomic E-state index is 0.411. The Morgan fingerprint density at radius 3 is 2.65 bits per heavy atom. The molecular weight excluding hydrogens is 325 g/mol. The summed E-state index contributed by atoms with van der Waals surface area (Å²) in [7, 11) is 0. The summed E-state index contributed by atoms with van der Waals surface area (Å²) in [6.07, 6.45) is 0. The molecule has 1 atom stereocenters. The summed E-state index contributed by atoms with van der Waals surface area (Å²) in [6, 6.07) is 10.1. The van der Waals surface area contributed by atoms with Crippen molar-refractivity contribution in [2.75, 3.05) is 5.32 Å². The fraction of sp³-hybridized carbons (Fsp3) is 0.133. The zero-order chi connectivity index (χ0) is 14.7. The van der Waals surface area contributed by atoms with Crippen LogP contribution in [0.2, 0.25) is 0 Å². The maximum Gasteiger partial charge on any atom is 0.330 e. The highest BCUT2D eigenvalue weighted by atomic mass is 79.9. The van der Waals surface area contributed by atoms with Crippen LogP contribution >= 0.6 is 15.9 Å². The first kappa shape index (κ1) is 14.5. The molecule has 2 aromatic rings. The van der Waals surface area contributed by atoms with E-state index in [0.717, 1.165) is 10.0 Å². The van der Waals surface area contributed by atoms with E-state index in [0.29, 0.717) is 11.3 Å². The van der Waals surface area contributed by atoms with E-state index in [1.807, 2.05) is 6.92 Å². The van der Waals surface area contributed by atoms with Crippen molar-refractivity contribution in [2.24, 2.45) is 0 Å². The van der Waals surface area contributed by atoms with Crippen LogP contribution in [0.3, 0.4) is 0 Å². The molecule has 0 radical (unpaired) electrons. The molecule has 0 bridgehead atoms. The molecule has 2 rings (SSSR count). The number of carboxylic acid groups (broad SMARTS) is 1. The normalized spacial score (nSPS) is 11.9. The molecule has 0 fully saturated rings. The molecule has 5 heteroatoms. The summed E-state index contributed by atoms with van der Waals surface area (Å²) in [4.78, 5) is 11.4. The van der Waals surface area contributed by atoms with E-state index >= 15 is 0 Å². The average Bonchev–Trinajstić information content (AvgIpc) is 2.39. The van der Waals surface area contributed by atoms with E-state index in [-0.39, 0.29) is 0 Å². The van der Waals surface area contributed by atoms with Gasteiger partial charge in [0.25, 0.3) is 0 Å². The Morgan fingerprint density at radius 1 is 1.30 bits per heavy atom. The Balaban J connectivity index is 2.32. The van der Waals surface area contributed by atoms with E-state index < -0.39 is 17.8 Å². The Labute approximate surface area is 124 Å². The van der Waals surface area contributed by atoms with Crippen molar-refractivity contribution in [3.8, 4) is 0 Å². The topological polar surface area (TPSA) is 49.3 Å². The minimum Gasteiger partial charge on any atom is -0.479 e. The van der Waals surface area contributed by atoms with Crippen LogP contribution < -0.4 is 5.32 Å². The lowest BCUT2D eigenvalue weighted by atomic mass is 10.0. The van der Waals surface area contributed by atoms with Crippen LogP contribution in [0.1, 0.15) is 17.2 Å². The lowest BCUT2D eigenvalue weighted by Crippen LogP contribution is -2.20. The molecule has 2 N–H and O–H groups in total. The number of nitrogens with one attached hydrogen (secondary N) is 1. The van der Waals surface area contributed by atoms with Gasteiger partial charge < -0.3 is 10.4 Å². The highest BCUT2D eigenvalue weighted by Crippen LogP contribution is 2.24. The number of carbonyl (C=O) groups is 1. The van der Waals surface area contributed by atoms with Gasteiger partial charge in [-0.15, -0.1) is 0 Å². The van der Waals surface area contributed by atoms with Gasteiger partial charge in [-0.1, -0.05) is 34.1 Å². The van der Waals surface area contributed by atoms with Gasteiger partial charge in [0.1, 0.15) is 5.82 Å². The molecule has 1 unspecified atom stereocenters. The third kappa shape index (κ3) is 3.36. The van der Waals surface area contributed by atoms with Crippen LogP contribution in [0.15, 0.2) is 46.9 Å². The smallest absolute Gasteiger partial charge is 0.330 e. The van der Waals surface area contributed by atoms with E-state index in [1.54, 1.807) is 24.3 Å². The number of halogens is 2. The maximum absolute atomic E-state index is 13.1. The Kier molecular flexibility index (Phi) is 4.39. The Bertz CT molecular complexity index is 646. The number of rotatable bonds is 4. The number of aryl methyl sites for hydroxylation is 1. The summed E-state index contributed by atoms with van der Waals surface area (Å²) in [5.41, 5.74) is 1.98. The maximum atomic E-state index is 13.1. The molecule has 0 aliphatic heterocycles. The molecular formula is C15H13BrFNO2. The molecule has 0 spiro atoms. The van der Waals surface area contributed by atoms with Gasteiger partial charge in [-0.3, -0.25) is 0 Å². The van der Waals surface area contributed by atoms with Gasteiger partial charge >= 0.3 is 5.97 Å². The number of carboxylic acids is 1. The molecule has 0 aliphatic carbocycles. The van der Waals surface area contributed by atoms with Crippen molar-refractivity contribution in [3.05, 3.63) is 63.9 Å². The first-order chi connectivity index (χ1) is 9.47. The molecule has 20 heavy (non-hydrogen) atoms. The molecule has 0 aliphatic rings. The second-order valence-electron chi connectivity index (χ2n) is 4.43. The van der Waals surface area contributed by atoms with Crippen LogP contribution in [0, 0.1) is 12.7 Å². The summed E-state index contributed by atoms with van der Waals surface area (Å²) < 4.78 is 14.1. The molecule has 104 valence electrons. The van der Waals surface area contributed by atoms with E-state index in [2.05, 4.69) is 21.2 Å². The molecule has 3 nitrogen and oxygen atoms in total. The molecule has 0 aromatic heterocycles. The highest BCUT2D eigenvalue weighted by molar-refractivity contribution is 9.10. The SMILES string of the molecule is Cc1cc(C(Nc2cccc(F)c2)C(=O)O)ccc1Br. The van der Waals surface area contributed by atoms with E-state index in [4.69, 9.17) is 0 Å². The molecule has 0 saturated heterocycles. The third-order valence-electron chi connectivity index (χ3n) is 2.90. The highest BCUT2D eigenvalue weighted by Gasteiger charge is 2.20. The van der Waals surface area contributed by atoms with Gasteiger partial charge in [0.15, 0.2) is 6.04 Å². The van der Waals surface area contributed by atoms with Crippen LogP contribution in [-0.4, -0.2) is 11.1 Å². The standard InChI is InChI=1S/C15H13BrFNO2/c1-9-7-10(5-6-13(9)16)14(15(19)20)18-12-4-2-3-11(17)8-12/h2-8,14,18H,1H3,(H,19,20). The second kappa shape index (κ2) is 6.05. The minimum atomic E-state index is -1.02. The van der Waals surface area contributed by atoms with E-state index in [9.17, 15) is 14.3 Å². The summed E-state index contributed by atoms with van der Waals surface area (Å²) >= 11 is 3.37. The number of anilines is 1. The lowest BCUT2D eigenvalue weighted by Gasteiger charge is -2.17. The second-order valence-corrected chi connectivity index (χ2v) is 5.29. The number of benzene rings is 2. The van der Waals surface area contributed by atoms with Gasteiger partial charge in [-0.25, -0.2) is 9.18 Å². The van der Waals surface area contributed by atoms with Gasteiger partial charge in [0.05, 0.1) is 0 Å². The van der Waals surface area contributed by atoms with Crippen LogP contribution in [0.5, 0.6) is 0 Å². The van der Waals surface area contributed by atoms with Crippen molar-refractivity contribution in [2.45, 2.75) is 13.0 Å². The predicted molar refractivity (Wildman–Crippen MR) is 79.3 cm³/mol. The first-order valence-corrected chi connectivity index (χ1v) is 6.77. The monoisotopic (exact) mass is 337 g/mol. The Morgan fingerprint density at radius 2 is 2.05 bits per heavy atom. The summed E-state index contributed by atoms with van der Waals surface area (Å²) in [5, 5.41) is 12.2. The molecule has 0 heterocycles. The zero-order valence-corrected chi connectivity index (χ0v) is 12.3. The molecule has 2 aromatic carbocycles. The fourth-order valence-corrected chi connectivity index (χ4v) is 2.13. The zero-order valence-electron chi connectivity index (χ0n) is 10.7. The Hall–Kier alpha value is -1.88. The van der Waals surface area contributed by atoms with Gasteiger partial charge in [0.2, 0.25) is 0 Å². The van der Waals surface area contributed by atoms with Crippen molar-refractivity contribution in [3.63, 3.8) is 0 Å². The first-order valence-electron chi connectivity index (χ1n) is 5.98. The number of hydrogen-bond acceptors (Lipinski definition) is 2. The van der Waals surface area contributed by atoms with Gasteiger partial charge in [0, 0.05) is 10.2 Å². The van der Waals surface area contributed by atoms with Gasteiger partial charge in [-0.2, -0.15) is 0 Å². The predicted octanol–water partition coefficient (Wildman–Crippen LogP) is 4.13. The van der Waals surface area contributed by atoms with Crippen molar-refractivity contribution in [1.29, 1.82) is 0 Å². The largest absolute Gasteiger partial charge is 0.479 e. The molecule has 0 saturated carbocycles. The van der Waals surface area contributed by atoms with Crippen molar-refractivity contribution < 1.29 is 14.3 Å². The third-order valence-corrected chi connectivity index (χ3v) is 3.79. The average molecular weight is 338 g/mol. The van der Waals surface area contributed by atoms with Crippen LogP contribution in [0.4, 0.5) is 10.1 Å². The van der Waals surface area contributed by atoms with Crippen molar-refractivity contribution >= 4 is 27.6 Å². The van der Waals surface area contributed by atoms with Crippen molar-refractivity contribution in [1.82, 2.24) is 0 Å². The van der Waals surface area contributed by atoms with Crippen LogP contribution in [-0.2, 0) is 4.79 Å². The summed E-state index contributed by atoms with van der Waals surface area (Å²) in [5.74, 6) is -1.43. The van der Waals surface area contributed by atoms with E-state index in [1.165, 1.54) is 18.2 Å².